The highest BCUT2D eigenvalue weighted by Crippen LogP contribution is 2.13. The van der Waals surface area contributed by atoms with Crippen LogP contribution in [-0.4, -0.2) is 31.6 Å². The van der Waals surface area contributed by atoms with Crippen molar-refractivity contribution in [1.29, 1.82) is 0 Å². The van der Waals surface area contributed by atoms with Crippen LogP contribution in [0, 0.1) is 0 Å². The first-order valence-electron chi connectivity index (χ1n) is 5.20. The molecule has 1 aromatic carbocycles. The van der Waals surface area contributed by atoms with Crippen molar-refractivity contribution in [1.82, 2.24) is 4.90 Å². The summed E-state index contributed by atoms with van der Waals surface area (Å²) >= 11 is 0. The fraction of sp³-hybridized carbons (Fsp3) is 0.500. The molecule has 1 aromatic rings. The van der Waals surface area contributed by atoms with Crippen LogP contribution >= 0.6 is 12.4 Å². The minimum Gasteiger partial charge on any atom is -0.497 e. The predicted octanol–water partition coefficient (Wildman–Crippen LogP) is 1.90. The van der Waals surface area contributed by atoms with Gasteiger partial charge in [0.05, 0.1) is 7.11 Å². The third kappa shape index (κ3) is 4.39. The number of nitrogens with two attached hydrogens (primary N) is 1. The SMILES string of the molecule is COc1ccc(CN(C)C(C)CN)cc1.Cl. The number of nitrogens with zero attached hydrogens (tertiary/aromatic N) is 1. The summed E-state index contributed by atoms with van der Waals surface area (Å²) in [6.45, 7) is 3.73. The lowest BCUT2D eigenvalue weighted by Gasteiger charge is -2.23. The zero-order chi connectivity index (χ0) is 11.3. The van der Waals surface area contributed by atoms with Gasteiger partial charge in [0.2, 0.25) is 0 Å². The normalized spacial score (nSPS) is 12.1. The molecule has 1 rings (SSSR count). The molecule has 1 atom stereocenters. The maximum atomic E-state index is 5.61. The number of hydrogen-bond donors (Lipinski definition) is 1. The molecule has 0 aromatic heterocycles. The van der Waals surface area contributed by atoms with E-state index in [-0.39, 0.29) is 12.4 Å². The fourth-order valence-electron chi connectivity index (χ4n) is 1.35. The summed E-state index contributed by atoms with van der Waals surface area (Å²) in [7, 11) is 3.76. The molecule has 0 aliphatic rings. The van der Waals surface area contributed by atoms with Crippen LogP contribution in [0.3, 0.4) is 0 Å². The van der Waals surface area contributed by atoms with Crippen LogP contribution in [0.1, 0.15) is 12.5 Å². The Morgan fingerprint density at radius 2 is 1.88 bits per heavy atom. The topological polar surface area (TPSA) is 38.5 Å². The fourth-order valence-corrected chi connectivity index (χ4v) is 1.35. The zero-order valence-corrected chi connectivity index (χ0v) is 11.0. The Hall–Kier alpha value is -0.770. The molecular formula is C12H21ClN2O. The van der Waals surface area contributed by atoms with Gasteiger partial charge in [0.25, 0.3) is 0 Å². The molecule has 92 valence electrons. The van der Waals surface area contributed by atoms with E-state index < -0.39 is 0 Å². The predicted molar refractivity (Wildman–Crippen MR) is 70.2 cm³/mol. The number of likely N-dealkylation sites (N-methyl/N-ethyl adjacent to an activating group) is 1. The summed E-state index contributed by atoms with van der Waals surface area (Å²) in [5.41, 5.74) is 6.89. The van der Waals surface area contributed by atoms with Gasteiger partial charge in [0, 0.05) is 19.1 Å². The highest BCUT2D eigenvalue weighted by Gasteiger charge is 2.07. The van der Waals surface area contributed by atoms with Gasteiger partial charge in [0.1, 0.15) is 5.75 Å². The van der Waals surface area contributed by atoms with Crippen molar-refractivity contribution in [2.75, 3.05) is 20.7 Å². The highest BCUT2D eigenvalue weighted by atomic mass is 35.5. The summed E-state index contributed by atoms with van der Waals surface area (Å²) in [5, 5.41) is 0. The lowest BCUT2D eigenvalue weighted by molar-refractivity contribution is 0.254. The van der Waals surface area contributed by atoms with Gasteiger partial charge >= 0.3 is 0 Å². The van der Waals surface area contributed by atoms with Gasteiger partial charge in [-0.3, -0.25) is 4.90 Å². The number of methoxy groups -OCH3 is 1. The van der Waals surface area contributed by atoms with E-state index in [0.29, 0.717) is 12.6 Å². The van der Waals surface area contributed by atoms with Gasteiger partial charge in [-0.2, -0.15) is 0 Å². The summed E-state index contributed by atoms with van der Waals surface area (Å²) in [5.74, 6) is 0.897. The van der Waals surface area contributed by atoms with Crippen molar-refractivity contribution >= 4 is 12.4 Å². The van der Waals surface area contributed by atoms with Crippen LogP contribution in [0.2, 0.25) is 0 Å². The third-order valence-corrected chi connectivity index (χ3v) is 2.68. The number of ether oxygens (including phenoxy) is 1. The summed E-state index contributed by atoms with van der Waals surface area (Å²) in [4.78, 5) is 2.24. The van der Waals surface area contributed by atoms with Crippen LogP contribution in [0.25, 0.3) is 0 Å². The third-order valence-electron chi connectivity index (χ3n) is 2.68. The lowest BCUT2D eigenvalue weighted by Crippen LogP contribution is -2.34. The maximum absolute atomic E-state index is 5.61. The van der Waals surface area contributed by atoms with E-state index in [2.05, 4.69) is 31.0 Å². The van der Waals surface area contributed by atoms with Crippen LogP contribution in [0.5, 0.6) is 5.75 Å². The van der Waals surface area contributed by atoms with Gasteiger partial charge in [-0.15, -0.1) is 12.4 Å². The van der Waals surface area contributed by atoms with E-state index in [1.807, 2.05) is 12.1 Å². The average molecular weight is 245 g/mol. The lowest BCUT2D eigenvalue weighted by atomic mass is 10.2. The molecule has 1 unspecified atom stereocenters. The number of rotatable bonds is 5. The second-order valence-electron chi connectivity index (χ2n) is 3.85. The Balaban J connectivity index is 0.00000225. The van der Waals surface area contributed by atoms with Crippen molar-refractivity contribution in [2.45, 2.75) is 19.5 Å². The molecule has 0 heterocycles. The van der Waals surface area contributed by atoms with Crippen molar-refractivity contribution < 1.29 is 4.74 Å². The maximum Gasteiger partial charge on any atom is 0.118 e. The van der Waals surface area contributed by atoms with Crippen molar-refractivity contribution in [2.24, 2.45) is 5.73 Å². The van der Waals surface area contributed by atoms with Crippen LogP contribution < -0.4 is 10.5 Å². The van der Waals surface area contributed by atoms with E-state index in [1.165, 1.54) is 5.56 Å². The Kier molecular flexibility index (Phi) is 7.13. The van der Waals surface area contributed by atoms with Gasteiger partial charge in [0.15, 0.2) is 0 Å². The molecule has 0 radical (unpaired) electrons. The first-order valence-corrected chi connectivity index (χ1v) is 5.20. The molecule has 0 bridgehead atoms. The van der Waals surface area contributed by atoms with E-state index in [0.717, 1.165) is 12.3 Å². The number of hydrogen-bond acceptors (Lipinski definition) is 3. The smallest absolute Gasteiger partial charge is 0.118 e. The monoisotopic (exact) mass is 244 g/mol. The van der Waals surface area contributed by atoms with Crippen molar-refractivity contribution in [3.63, 3.8) is 0 Å². The molecule has 2 N–H and O–H groups in total. The van der Waals surface area contributed by atoms with Crippen LogP contribution in [0.15, 0.2) is 24.3 Å². The van der Waals surface area contributed by atoms with E-state index in [9.17, 15) is 0 Å². The summed E-state index contributed by atoms with van der Waals surface area (Å²) in [6.07, 6.45) is 0. The number of benzene rings is 1. The molecule has 0 spiro atoms. The second-order valence-corrected chi connectivity index (χ2v) is 3.85. The number of halogens is 1. The molecule has 0 aliphatic carbocycles. The van der Waals surface area contributed by atoms with E-state index in [4.69, 9.17) is 10.5 Å². The first kappa shape index (κ1) is 15.2. The Morgan fingerprint density at radius 1 is 1.31 bits per heavy atom. The Bertz CT molecular complexity index is 290. The minimum atomic E-state index is 0. The molecular weight excluding hydrogens is 224 g/mol. The molecule has 3 nitrogen and oxygen atoms in total. The largest absolute Gasteiger partial charge is 0.497 e. The van der Waals surface area contributed by atoms with E-state index in [1.54, 1.807) is 7.11 Å². The molecule has 0 saturated carbocycles. The summed E-state index contributed by atoms with van der Waals surface area (Å²) < 4.78 is 5.11. The van der Waals surface area contributed by atoms with Crippen molar-refractivity contribution in [3.05, 3.63) is 29.8 Å². The molecule has 16 heavy (non-hydrogen) atoms. The Labute approximate surface area is 104 Å². The van der Waals surface area contributed by atoms with Gasteiger partial charge in [-0.1, -0.05) is 12.1 Å². The molecule has 0 saturated heterocycles. The van der Waals surface area contributed by atoms with Gasteiger partial charge < -0.3 is 10.5 Å². The van der Waals surface area contributed by atoms with Gasteiger partial charge in [-0.25, -0.2) is 0 Å². The molecule has 0 aliphatic heterocycles. The minimum absolute atomic E-state index is 0. The summed E-state index contributed by atoms with van der Waals surface area (Å²) in [6, 6.07) is 8.54. The van der Waals surface area contributed by atoms with Crippen LogP contribution in [0.4, 0.5) is 0 Å². The Morgan fingerprint density at radius 3 is 2.31 bits per heavy atom. The van der Waals surface area contributed by atoms with Gasteiger partial charge in [-0.05, 0) is 31.7 Å². The standard InChI is InChI=1S/C12H20N2O.ClH/c1-10(8-13)14(2)9-11-4-6-12(15-3)7-5-11;/h4-7,10H,8-9,13H2,1-3H3;1H. The van der Waals surface area contributed by atoms with Crippen molar-refractivity contribution in [3.8, 4) is 5.75 Å². The van der Waals surface area contributed by atoms with E-state index >= 15 is 0 Å². The zero-order valence-electron chi connectivity index (χ0n) is 10.1. The molecule has 0 amide bonds. The second kappa shape index (κ2) is 7.49. The average Bonchev–Trinajstić information content (AvgIpc) is 2.29. The molecule has 0 fully saturated rings. The first-order chi connectivity index (χ1) is 7.17. The van der Waals surface area contributed by atoms with Crippen LogP contribution in [-0.2, 0) is 6.54 Å². The highest BCUT2D eigenvalue weighted by molar-refractivity contribution is 5.85. The molecule has 4 heteroatoms. The quantitative estimate of drug-likeness (QED) is 0.860.